The number of thiazole rings is 1. The topological polar surface area (TPSA) is 42.0 Å². The Morgan fingerprint density at radius 1 is 1.42 bits per heavy atom. The van der Waals surface area contributed by atoms with Crippen molar-refractivity contribution < 1.29 is 4.79 Å². The Labute approximate surface area is 129 Å². The molecule has 3 nitrogen and oxygen atoms in total. The van der Waals surface area contributed by atoms with Crippen LogP contribution < -0.4 is 5.32 Å². The van der Waals surface area contributed by atoms with Gasteiger partial charge in [0.05, 0.1) is 5.69 Å². The summed E-state index contributed by atoms with van der Waals surface area (Å²) in [6.45, 7) is 1.92. The number of hydrogen-bond donors (Lipinski definition) is 1. The van der Waals surface area contributed by atoms with Crippen molar-refractivity contribution in [1.29, 1.82) is 0 Å². The summed E-state index contributed by atoms with van der Waals surface area (Å²) in [5.74, 6) is -0.491. The van der Waals surface area contributed by atoms with Gasteiger partial charge in [0.1, 0.15) is 0 Å². The molecule has 0 radical (unpaired) electrons. The number of aromatic nitrogens is 1. The first-order chi connectivity index (χ1) is 8.97. The van der Waals surface area contributed by atoms with Crippen LogP contribution in [0.4, 0.5) is 5.13 Å². The number of benzene rings is 1. The number of rotatable bonds is 3. The highest BCUT2D eigenvalue weighted by molar-refractivity contribution is 7.16. The Morgan fingerprint density at radius 2 is 2.16 bits per heavy atom. The number of hydrogen-bond acceptors (Lipinski definition) is 3. The number of halogens is 3. The van der Waals surface area contributed by atoms with Gasteiger partial charge in [0, 0.05) is 15.5 Å². The molecule has 100 valence electrons. The largest absolute Gasteiger partial charge is 0.300 e. The lowest BCUT2D eigenvalue weighted by Crippen LogP contribution is -2.18. The Morgan fingerprint density at radius 3 is 2.79 bits per heavy atom. The monoisotopic (exact) mass is 334 g/mol. The van der Waals surface area contributed by atoms with Gasteiger partial charge in [0.2, 0.25) is 0 Å². The number of aryl methyl sites for hydroxylation is 1. The van der Waals surface area contributed by atoms with E-state index < -0.39 is 10.7 Å². The maximum absolute atomic E-state index is 11.4. The Balaban J connectivity index is 2.29. The zero-order chi connectivity index (χ0) is 14.0. The van der Waals surface area contributed by atoms with Crippen molar-refractivity contribution in [3.8, 4) is 11.3 Å². The predicted molar refractivity (Wildman–Crippen MR) is 81.4 cm³/mol. The van der Waals surface area contributed by atoms with Crippen molar-refractivity contribution in [3.05, 3.63) is 34.2 Å². The average molecular weight is 336 g/mol. The molecule has 1 amide bonds. The molecule has 0 atom stereocenters. The summed E-state index contributed by atoms with van der Waals surface area (Å²) in [7, 11) is 0. The first-order valence-corrected chi connectivity index (χ1v) is 7.36. The number of amides is 1. The fourth-order valence-corrected chi connectivity index (χ4v) is 2.65. The molecule has 19 heavy (non-hydrogen) atoms. The van der Waals surface area contributed by atoms with E-state index in [1.165, 1.54) is 11.3 Å². The van der Waals surface area contributed by atoms with Crippen molar-refractivity contribution >= 4 is 57.2 Å². The highest BCUT2D eigenvalue weighted by Gasteiger charge is 2.16. The summed E-state index contributed by atoms with van der Waals surface area (Å²) < 4.78 is 0. The summed E-state index contributed by atoms with van der Waals surface area (Å²) >= 11 is 18.3. The fourth-order valence-electron chi connectivity index (χ4n) is 1.51. The van der Waals surface area contributed by atoms with Crippen LogP contribution in [-0.2, 0) is 4.79 Å². The van der Waals surface area contributed by atoms with Crippen LogP contribution in [0.5, 0.6) is 0 Å². The number of nitrogens with one attached hydrogen (secondary N) is 1. The molecule has 0 unspecified atom stereocenters. The van der Waals surface area contributed by atoms with Crippen LogP contribution in [0.25, 0.3) is 11.3 Å². The lowest BCUT2D eigenvalue weighted by molar-refractivity contribution is -0.114. The van der Waals surface area contributed by atoms with Crippen LogP contribution in [0, 0.1) is 6.92 Å². The third kappa shape index (κ3) is 3.60. The third-order valence-corrected chi connectivity index (χ3v) is 3.84. The molecule has 0 aliphatic carbocycles. The zero-order valence-electron chi connectivity index (χ0n) is 9.78. The number of anilines is 1. The number of alkyl halides is 2. The van der Waals surface area contributed by atoms with Crippen LogP contribution in [0.2, 0.25) is 5.02 Å². The lowest BCUT2D eigenvalue weighted by atomic mass is 10.1. The van der Waals surface area contributed by atoms with Gasteiger partial charge in [-0.25, -0.2) is 4.98 Å². The van der Waals surface area contributed by atoms with Crippen molar-refractivity contribution in [1.82, 2.24) is 4.98 Å². The molecule has 1 N–H and O–H groups in total. The van der Waals surface area contributed by atoms with Crippen molar-refractivity contribution in [2.45, 2.75) is 11.8 Å². The van der Waals surface area contributed by atoms with Gasteiger partial charge >= 0.3 is 0 Å². The first-order valence-electron chi connectivity index (χ1n) is 5.30. The second-order valence-corrected chi connectivity index (χ2v) is 6.46. The summed E-state index contributed by atoms with van der Waals surface area (Å²) in [6, 6.07) is 7.37. The van der Waals surface area contributed by atoms with E-state index in [2.05, 4.69) is 10.3 Å². The average Bonchev–Trinajstić information content (AvgIpc) is 2.70. The van der Waals surface area contributed by atoms with Gasteiger partial charge in [-0.1, -0.05) is 46.9 Å². The standard InChI is InChI=1S/C12H9Cl3N2OS/c1-6-9(7-3-2-4-8(13)5-7)16-12(19-6)17-11(18)10(14)15/h2-5,10H,1H3,(H,16,17,18). The molecule has 0 aliphatic heterocycles. The van der Waals surface area contributed by atoms with Crippen LogP contribution >= 0.6 is 46.1 Å². The second-order valence-electron chi connectivity index (χ2n) is 3.72. The molecule has 0 bridgehead atoms. The van der Waals surface area contributed by atoms with Crippen molar-refractivity contribution in [2.24, 2.45) is 0 Å². The van der Waals surface area contributed by atoms with Crippen LogP contribution in [-0.4, -0.2) is 15.7 Å². The van der Waals surface area contributed by atoms with Gasteiger partial charge in [0.15, 0.2) is 9.97 Å². The van der Waals surface area contributed by atoms with Crippen LogP contribution in [0.15, 0.2) is 24.3 Å². The van der Waals surface area contributed by atoms with Crippen LogP contribution in [0.1, 0.15) is 4.88 Å². The van der Waals surface area contributed by atoms with Gasteiger partial charge in [-0.3, -0.25) is 10.1 Å². The summed E-state index contributed by atoms with van der Waals surface area (Å²) in [6.07, 6.45) is 0. The second kappa shape index (κ2) is 6.09. The molecule has 0 spiro atoms. The van der Waals surface area contributed by atoms with Gasteiger partial charge in [0.25, 0.3) is 5.91 Å². The van der Waals surface area contributed by atoms with Crippen molar-refractivity contribution in [2.75, 3.05) is 5.32 Å². The Hall–Kier alpha value is -0.810. The maximum atomic E-state index is 11.4. The van der Waals surface area contributed by atoms with Gasteiger partial charge in [-0.2, -0.15) is 0 Å². The number of nitrogens with zero attached hydrogens (tertiary/aromatic N) is 1. The quantitative estimate of drug-likeness (QED) is 0.838. The van der Waals surface area contributed by atoms with Gasteiger partial charge in [-0.05, 0) is 19.1 Å². The molecule has 0 saturated carbocycles. The van der Waals surface area contributed by atoms with Crippen molar-refractivity contribution in [3.63, 3.8) is 0 Å². The van der Waals surface area contributed by atoms with E-state index in [1.54, 1.807) is 6.07 Å². The molecule has 7 heteroatoms. The molecule has 1 aromatic carbocycles. The predicted octanol–water partition coefficient (Wildman–Crippen LogP) is 4.51. The minimum absolute atomic E-state index is 0.462. The maximum Gasteiger partial charge on any atom is 0.259 e. The lowest BCUT2D eigenvalue weighted by Gasteiger charge is -2.00. The molecule has 0 fully saturated rings. The van der Waals surface area contributed by atoms with E-state index in [9.17, 15) is 4.79 Å². The van der Waals surface area contributed by atoms with E-state index in [0.717, 1.165) is 16.1 Å². The number of carbonyl (C=O) groups is 1. The van der Waals surface area contributed by atoms with Crippen LogP contribution in [0.3, 0.4) is 0 Å². The molecule has 2 aromatic rings. The molecule has 2 rings (SSSR count). The minimum atomic E-state index is -1.11. The molecule has 1 aromatic heterocycles. The fraction of sp³-hybridized carbons (Fsp3) is 0.167. The van der Waals surface area contributed by atoms with E-state index in [0.29, 0.717) is 10.2 Å². The van der Waals surface area contributed by atoms with E-state index in [4.69, 9.17) is 34.8 Å². The Bertz CT molecular complexity index is 613. The molecular weight excluding hydrogens is 327 g/mol. The normalized spacial score (nSPS) is 10.8. The summed E-state index contributed by atoms with van der Waals surface area (Å²) in [5.41, 5.74) is 1.68. The zero-order valence-corrected chi connectivity index (χ0v) is 12.9. The smallest absolute Gasteiger partial charge is 0.259 e. The first kappa shape index (κ1) is 14.6. The highest BCUT2D eigenvalue weighted by atomic mass is 35.5. The van der Waals surface area contributed by atoms with E-state index in [1.807, 2.05) is 25.1 Å². The SMILES string of the molecule is Cc1sc(NC(=O)C(Cl)Cl)nc1-c1cccc(Cl)c1. The molecular formula is C12H9Cl3N2OS. The third-order valence-electron chi connectivity index (χ3n) is 2.32. The molecule has 0 saturated heterocycles. The number of carbonyl (C=O) groups excluding carboxylic acids is 1. The van der Waals surface area contributed by atoms with Gasteiger partial charge < -0.3 is 0 Å². The van der Waals surface area contributed by atoms with E-state index in [-0.39, 0.29) is 0 Å². The van der Waals surface area contributed by atoms with E-state index >= 15 is 0 Å². The molecule has 0 aliphatic rings. The van der Waals surface area contributed by atoms with Gasteiger partial charge in [-0.15, -0.1) is 11.3 Å². The highest BCUT2D eigenvalue weighted by Crippen LogP contribution is 2.31. The minimum Gasteiger partial charge on any atom is -0.300 e. The summed E-state index contributed by atoms with van der Waals surface area (Å²) in [5, 5.41) is 3.66. The Kier molecular flexibility index (Phi) is 4.68. The molecule has 1 heterocycles. The summed E-state index contributed by atoms with van der Waals surface area (Å²) in [4.78, 5) is 15.6.